The Morgan fingerprint density at radius 1 is 0.676 bits per heavy atom. The van der Waals surface area contributed by atoms with Gasteiger partial charge in [0.05, 0.1) is 30.8 Å². The van der Waals surface area contributed by atoms with Gasteiger partial charge in [-0.15, -0.1) is 0 Å². The molecule has 0 heterocycles. The SMILES string of the molecule is OCC(CO)(CO)C(O)(C1C=Cc2ccccc21)C1C=Cc2ccccc21.OP(O)OP(O)O. The molecule has 2 aliphatic carbocycles. The zero-order valence-corrected chi connectivity index (χ0v) is 19.9. The quantitative estimate of drug-likeness (QED) is 0.246. The first-order valence-corrected chi connectivity index (χ1v) is 12.7. The minimum Gasteiger partial charge on any atom is -0.395 e. The maximum absolute atomic E-state index is 12.2. The van der Waals surface area contributed by atoms with Gasteiger partial charge in [0, 0.05) is 11.8 Å². The summed E-state index contributed by atoms with van der Waals surface area (Å²) in [5.74, 6) is -0.943. The van der Waals surface area contributed by atoms with Crippen LogP contribution in [0.5, 0.6) is 0 Å². The van der Waals surface area contributed by atoms with Gasteiger partial charge in [0.1, 0.15) is 0 Å². The highest BCUT2D eigenvalue weighted by Gasteiger charge is 2.59. The molecule has 8 N–H and O–H groups in total. The van der Waals surface area contributed by atoms with Gasteiger partial charge in [0.25, 0.3) is 0 Å². The van der Waals surface area contributed by atoms with E-state index < -0.39 is 59.9 Å². The number of hydrogen-bond acceptors (Lipinski definition) is 9. The van der Waals surface area contributed by atoms with Crippen LogP contribution in [0.3, 0.4) is 0 Å². The summed E-state index contributed by atoms with van der Waals surface area (Å²) < 4.78 is 3.60. The maximum atomic E-state index is 12.2. The summed E-state index contributed by atoms with van der Waals surface area (Å²) in [7, 11) is -5.22. The van der Waals surface area contributed by atoms with E-state index in [-0.39, 0.29) is 0 Å². The van der Waals surface area contributed by atoms with Crippen molar-refractivity contribution in [3.05, 3.63) is 82.9 Å². The number of rotatable bonds is 8. The van der Waals surface area contributed by atoms with Crippen LogP contribution in [0.15, 0.2) is 60.7 Å². The molecule has 2 atom stereocenters. The van der Waals surface area contributed by atoms with Gasteiger partial charge in [-0.05, 0) is 22.3 Å². The number of fused-ring (bicyclic) bond motifs is 2. The zero-order chi connectivity index (χ0) is 24.9. The lowest BCUT2D eigenvalue weighted by atomic mass is 9.58. The lowest BCUT2D eigenvalue weighted by Crippen LogP contribution is -2.61. The van der Waals surface area contributed by atoms with Crippen molar-refractivity contribution in [3.63, 3.8) is 0 Å². The van der Waals surface area contributed by atoms with Crippen LogP contribution in [-0.2, 0) is 4.31 Å². The van der Waals surface area contributed by atoms with Gasteiger partial charge in [-0.1, -0.05) is 72.8 Å². The third-order valence-corrected chi connectivity index (χ3v) is 7.62. The van der Waals surface area contributed by atoms with Gasteiger partial charge < -0.3 is 40.0 Å². The zero-order valence-electron chi connectivity index (χ0n) is 18.1. The van der Waals surface area contributed by atoms with Gasteiger partial charge in [-0.3, -0.25) is 0 Å². The van der Waals surface area contributed by atoms with Crippen LogP contribution in [0.2, 0.25) is 0 Å². The van der Waals surface area contributed by atoms with E-state index in [0.29, 0.717) is 0 Å². The molecule has 0 fully saturated rings. The van der Waals surface area contributed by atoms with Crippen molar-refractivity contribution in [1.29, 1.82) is 0 Å². The standard InChI is InChI=1S/C23H24O4.H4O5P2/c24-13-22(14-25,15-26)23(27,20-11-9-16-5-1-3-7-18(16)20)21-12-10-17-6-2-4-8-19(17)21;1-6(2)5-7(3)4/h1-12,20-21,24-27H,13-15H2;1-4H. The monoisotopic (exact) mass is 510 g/mol. The Bertz CT molecular complexity index is 945. The third-order valence-electron chi connectivity index (χ3n) is 6.45. The third kappa shape index (κ3) is 5.02. The second-order valence-corrected chi connectivity index (χ2v) is 9.76. The molecule has 0 aliphatic heterocycles. The maximum Gasteiger partial charge on any atom is 0.334 e. The van der Waals surface area contributed by atoms with Gasteiger partial charge in [-0.25, -0.2) is 4.31 Å². The Labute approximate surface area is 199 Å². The van der Waals surface area contributed by atoms with E-state index in [2.05, 4.69) is 4.31 Å². The number of aliphatic hydroxyl groups is 4. The molecule has 11 heteroatoms. The Balaban J connectivity index is 0.000000406. The van der Waals surface area contributed by atoms with Crippen molar-refractivity contribution in [3.8, 4) is 0 Å². The van der Waals surface area contributed by atoms with Crippen LogP contribution in [0.25, 0.3) is 12.2 Å². The largest absolute Gasteiger partial charge is 0.395 e. The molecule has 0 amide bonds. The van der Waals surface area contributed by atoms with Crippen LogP contribution < -0.4 is 0 Å². The molecule has 2 aromatic carbocycles. The van der Waals surface area contributed by atoms with E-state index in [1.165, 1.54) is 0 Å². The van der Waals surface area contributed by atoms with Gasteiger partial charge >= 0.3 is 17.2 Å². The Kier molecular flexibility index (Phi) is 9.09. The average Bonchev–Trinajstić information content (AvgIpc) is 3.45. The van der Waals surface area contributed by atoms with E-state index in [4.69, 9.17) is 19.6 Å². The highest BCUT2D eigenvalue weighted by molar-refractivity contribution is 7.53. The molecule has 34 heavy (non-hydrogen) atoms. The number of benzene rings is 2. The van der Waals surface area contributed by atoms with E-state index in [1.54, 1.807) is 0 Å². The Hall–Kier alpha value is -1.58. The molecule has 0 bridgehead atoms. The van der Waals surface area contributed by atoms with Crippen LogP contribution in [0.1, 0.15) is 34.1 Å². The first kappa shape index (κ1) is 27.0. The fourth-order valence-corrected chi connectivity index (χ4v) is 5.24. The van der Waals surface area contributed by atoms with E-state index in [0.717, 1.165) is 22.3 Å². The second kappa shape index (κ2) is 11.4. The van der Waals surface area contributed by atoms with Crippen LogP contribution in [0.4, 0.5) is 0 Å². The van der Waals surface area contributed by atoms with E-state index in [9.17, 15) is 20.4 Å². The van der Waals surface area contributed by atoms with Crippen molar-refractivity contribution in [1.82, 2.24) is 0 Å². The minimum absolute atomic E-state index is 0.471. The summed E-state index contributed by atoms with van der Waals surface area (Å²) in [6, 6.07) is 15.6. The first-order chi connectivity index (χ1) is 16.2. The van der Waals surface area contributed by atoms with Crippen LogP contribution in [0, 0.1) is 5.41 Å². The molecule has 0 saturated heterocycles. The van der Waals surface area contributed by atoms with Gasteiger partial charge in [-0.2, -0.15) is 0 Å². The highest BCUT2D eigenvalue weighted by Crippen LogP contribution is 2.55. The lowest BCUT2D eigenvalue weighted by Gasteiger charge is -2.51. The molecule has 2 aliphatic rings. The molecule has 0 radical (unpaired) electrons. The van der Waals surface area contributed by atoms with E-state index in [1.807, 2.05) is 72.8 Å². The van der Waals surface area contributed by atoms with Gasteiger partial charge in [0.15, 0.2) is 0 Å². The molecule has 2 aromatic rings. The van der Waals surface area contributed by atoms with Crippen molar-refractivity contribution in [2.45, 2.75) is 17.4 Å². The normalized spacial score (nSPS) is 20.2. The Morgan fingerprint density at radius 3 is 1.38 bits per heavy atom. The summed E-state index contributed by atoms with van der Waals surface area (Å²) in [5.41, 5.74) is 0.761. The fraction of sp³-hybridized carbons (Fsp3) is 0.304. The van der Waals surface area contributed by atoms with Crippen LogP contribution >= 0.6 is 17.2 Å². The summed E-state index contributed by atoms with van der Waals surface area (Å²) in [6.45, 7) is -1.60. The molecule has 4 rings (SSSR count). The lowest BCUT2D eigenvalue weighted by molar-refractivity contribution is -0.166. The van der Waals surface area contributed by atoms with Crippen molar-refractivity contribution < 1.29 is 44.3 Å². The molecule has 0 spiro atoms. The molecule has 0 saturated carbocycles. The summed E-state index contributed by atoms with van der Waals surface area (Å²) in [5, 5.41) is 42.8. The molecule has 2 unspecified atom stereocenters. The smallest absolute Gasteiger partial charge is 0.334 e. The summed E-state index contributed by atoms with van der Waals surface area (Å²) in [4.78, 5) is 31.3. The van der Waals surface area contributed by atoms with Crippen LogP contribution in [-0.4, -0.2) is 65.4 Å². The fourth-order valence-electron chi connectivity index (χ4n) is 4.71. The van der Waals surface area contributed by atoms with Crippen molar-refractivity contribution in [2.75, 3.05) is 19.8 Å². The topological polar surface area (TPSA) is 171 Å². The molecular weight excluding hydrogens is 482 g/mol. The predicted molar refractivity (Wildman–Crippen MR) is 129 cm³/mol. The highest BCUT2D eigenvalue weighted by atomic mass is 31.2. The summed E-state index contributed by atoms with van der Waals surface area (Å²) in [6.07, 6.45) is 7.73. The molecule has 9 nitrogen and oxygen atoms in total. The second-order valence-electron chi connectivity index (χ2n) is 8.10. The minimum atomic E-state index is -2.61. The van der Waals surface area contributed by atoms with Crippen molar-refractivity contribution >= 4 is 29.4 Å². The average molecular weight is 510 g/mol. The molecular formula is C23H28O9P2. The van der Waals surface area contributed by atoms with Crippen molar-refractivity contribution in [2.24, 2.45) is 5.41 Å². The van der Waals surface area contributed by atoms with Gasteiger partial charge in [0.2, 0.25) is 0 Å². The summed E-state index contributed by atoms with van der Waals surface area (Å²) >= 11 is 0. The molecule has 0 aromatic heterocycles. The van der Waals surface area contributed by atoms with E-state index >= 15 is 0 Å². The first-order valence-electron chi connectivity index (χ1n) is 10.4. The molecule has 184 valence electrons. The predicted octanol–water partition coefficient (Wildman–Crippen LogP) is 1.73. The number of hydrogen-bond donors (Lipinski definition) is 8. The Morgan fingerprint density at radius 2 is 1.06 bits per heavy atom. The number of aliphatic hydroxyl groups excluding tert-OH is 3.